The minimum atomic E-state index is 0.870. The van der Waals surface area contributed by atoms with Crippen LogP contribution in [0.25, 0.3) is 88.6 Å². The van der Waals surface area contributed by atoms with E-state index in [9.17, 15) is 0 Å². The third kappa shape index (κ3) is 11.2. The van der Waals surface area contributed by atoms with Crippen molar-refractivity contribution in [3.63, 3.8) is 0 Å². The normalized spacial score (nSPS) is 11.3. The molecule has 8 heteroatoms. The lowest BCUT2D eigenvalue weighted by Crippen LogP contribution is -2.10. The van der Waals surface area contributed by atoms with E-state index >= 15 is 0 Å². The number of aromatic nitrogens is 4. The van der Waals surface area contributed by atoms with Gasteiger partial charge in [0.1, 0.15) is 0 Å². The molecule has 8 nitrogen and oxygen atoms in total. The van der Waals surface area contributed by atoms with Crippen molar-refractivity contribution in [2.45, 2.75) is 0 Å². The van der Waals surface area contributed by atoms with Gasteiger partial charge in [-0.2, -0.15) is 0 Å². The van der Waals surface area contributed by atoms with Gasteiger partial charge in [0, 0.05) is 106 Å². The highest BCUT2D eigenvalue weighted by Crippen LogP contribution is 2.49. The van der Waals surface area contributed by atoms with Crippen LogP contribution in [-0.2, 0) is 0 Å². The summed E-state index contributed by atoms with van der Waals surface area (Å²) in [5, 5.41) is 4.31. The summed E-state index contributed by atoms with van der Waals surface area (Å²) >= 11 is 0. The van der Waals surface area contributed by atoms with Gasteiger partial charge in [-0.3, -0.25) is 4.98 Å². The molecule has 0 spiro atoms. The molecule has 482 valence electrons. The van der Waals surface area contributed by atoms with Crippen LogP contribution in [0.2, 0.25) is 0 Å². The highest BCUT2D eigenvalue weighted by atomic mass is 15.2. The molecule has 18 rings (SSSR count). The van der Waals surface area contributed by atoms with Gasteiger partial charge in [0.25, 0.3) is 0 Å². The zero-order valence-electron chi connectivity index (χ0n) is 55.7. The van der Waals surface area contributed by atoms with Gasteiger partial charge in [-0.15, -0.1) is 0 Å². The molecule has 4 aromatic heterocycles. The minimum Gasteiger partial charge on any atom is -0.310 e. The van der Waals surface area contributed by atoms with Gasteiger partial charge in [-0.05, 0) is 194 Å². The molecule has 0 saturated carbocycles. The van der Waals surface area contributed by atoms with Crippen LogP contribution in [0.4, 0.5) is 68.2 Å². The van der Waals surface area contributed by atoms with Gasteiger partial charge < -0.3 is 28.7 Å². The largest absolute Gasteiger partial charge is 0.310 e. The Labute approximate surface area is 592 Å². The highest BCUT2D eigenvalue weighted by Gasteiger charge is 2.27. The van der Waals surface area contributed by atoms with Gasteiger partial charge in [0.2, 0.25) is 0 Å². The predicted octanol–water partition coefficient (Wildman–Crippen LogP) is 25.6. The second-order valence-electron chi connectivity index (χ2n) is 25.4. The smallest absolute Gasteiger partial charge is 0.0745 e. The third-order valence-electron chi connectivity index (χ3n) is 19.3. The molecular formula is C94H66N8. The molecule has 0 N–H and O–H groups in total. The fourth-order valence-corrected chi connectivity index (χ4v) is 14.8. The standard InChI is InChI=1S/C94H66N8/c1-10-30-67(31-11-1)86-50-29-51-87(96-86)68-32-28-33-69(60-68)94-92(101-88-56-52-78(97(70-34-12-2-13-35-70)71-36-14-3-15-37-71)61-82(88)83-62-79(53-57-89(83)101)98(72-38-16-4-17-39-72)73-40-18-5-19-41-73)65-95-66-93(94)102-90-58-54-80(99(74-42-20-6-21-43-74)75-44-22-7-23-45-75)63-84(90)85-64-81(55-59-91(85)102)100(76-46-24-8-25-47-76)77-48-26-9-27-49-77/h1-66H. The second-order valence-corrected chi connectivity index (χ2v) is 25.4. The fraction of sp³-hybridized carbons (Fsp3) is 0. The van der Waals surface area contributed by atoms with Crippen molar-refractivity contribution < 1.29 is 0 Å². The predicted molar refractivity (Wildman–Crippen MR) is 426 cm³/mol. The lowest BCUT2D eigenvalue weighted by atomic mass is 9.98. The van der Waals surface area contributed by atoms with E-state index in [0.717, 1.165) is 157 Å². The molecular weight excluding hydrogens is 1240 g/mol. The first-order valence-electron chi connectivity index (χ1n) is 34.5. The van der Waals surface area contributed by atoms with E-state index < -0.39 is 0 Å². The van der Waals surface area contributed by atoms with Gasteiger partial charge in [0.15, 0.2) is 0 Å². The van der Waals surface area contributed by atoms with Crippen LogP contribution >= 0.6 is 0 Å². The number of anilines is 12. The summed E-state index contributed by atoms with van der Waals surface area (Å²) in [4.78, 5) is 20.2. The van der Waals surface area contributed by atoms with Crippen LogP contribution in [0, 0.1) is 0 Å². The van der Waals surface area contributed by atoms with Crippen LogP contribution in [0.3, 0.4) is 0 Å². The van der Waals surface area contributed by atoms with Crippen LogP contribution in [-0.4, -0.2) is 19.1 Å². The number of benzene rings is 14. The number of nitrogens with zero attached hydrogens (tertiary/aromatic N) is 8. The maximum absolute atomic E-state index is 5.45. The quantitative estimate of drug-likeness (QED) is 0.0905. The number of rotatable bonds is 17. The first-order chi connectivity index (χ1) is 50.6. The monoisotopic (exact) mass is 1310 g/mol. The van der Waals surface area contributed by atoms with Gasteiger partial charge in [-0.25, -0.2) is 4.98 Å². The Balaban J connectivity index is 0.932. The summed E-state index contributed by atoms with van der Waals surface area (Å²) in [5.41, 5.74) is 24.2. The lowest BCUT2D eigenvalue weighted by Gasteiger charge is -2.26. The minimum absolute atomic E-state index is 0.870. The molecule has 102 heavy (non-hydrogen) atoms. The topological polar surface area (TPSA) is 48.6 Å². The SMILES string of the molecule is c1ccc(-c2cccc(-c3cccc(-c4c(-n5c6ccc(N(c7ccccc7)c7ccccc7)cc6c6cc(N(c7ccccc7)c7ccccc7)ccc65)cncc4-n4c5ccc(N(c6ccccc6)c6ccccc6)cc5c5cc(N(c6ccccc6)c6ccccc6)ccc54)c3)n2)cc1. The molecule has 0 bridgehead atoms. The molecule has 0 fully saturated rings. The third-order valence-corrected chi connectivity index (χ3v) is 19.3. The molecule has 0 unspecified atom stereocenters. The summed E-state index contributed by atoms with van der Waals surface area (Å²) in [7, 11) is 0. The molecule has 4 heterocycles. The van der Waals surface area contributed by atoms with Crippen LogP contribution in [0.1, 0.15) is 0 Å². The van der Waals surface area contributed by atoms with Gasteiger partial charge in [0.05, 0.1) is 57.2 Å². The van der Waals surface area contributed by atoms with Crippen molar-refractivity contribution in [3.05, 3.63) is 401 Å². The second kappa shape index (κ2) is 26.5. The average molecular weight is 1310 g/mol. The van der Waals surface area contributed by atoms with Crippen molar-refractivity contribution in [2.24, 2.45) is 0 Å². The fourth-order valence-electron chi connectivity index (χ4n) is 14.8. The molecule has 0 radical (unpaired) electrons. The Bertz CT molecular complexity index is 5250. The van der Waals surface area contributed by atoms with E-state index in [1.807, 2.05) is 6.07 Å². The van der Waals surface area contributed by atoms with E-state index in [4.69, 9.17) is 9.97 Å². The van der Waals surface area contributed by atoms with Gasteiger partial charge >= 0.3 is 0 Å². The van der Waals surface area contributed by atoms with E-state index in [1.54, 1.807) is 0 Å². The molecule has 0 atom stereocenters. The number of pyridine rings is 2. The van der Waals surface area contributed by atoms with E-state index in [1.165, 1.54) is 0 Å². The zero-order valence-corrected chi connectivity index (χ0v) is 55.7. The molecule has 0 amide bonds. The van der Waals surface area contributed by atoms with E-state index in [-0.39, 0.29) is 0 Å². The Morgan fingerprint density at radius 2 is 0.441 bits per heavy atom. The number of hydrogen-bond donors (Lipinski definition) is 0. The summed E-state index contributed by atoms with van der Waals surface area (Å²) in [6.07, 6.45) is 4.14. The summed E-state index contributed by atoms with van der Waals surface area (Å²) < 4.78 is 4.91. The Hall–Kier alpha value is -13.8. The molecule has 0 saturated heterocycles. The Morgan fingerprint density at radius 3 is 0.735 bits per heavy atom. The van der Waals surface area contributed by atoms with E-state index in [2.05, 4.69) is 423 Å². The summed E-state index contributed by atoms with van der Waals surface area (Å²) in [6, 6.07) is 139. The van der Waals surface area contributed by atoms with E-state index in [0.29, 0.717) is 0 Å². The van der Waals surface area contributed by atoms with Crippen molar-refractivity contribution in [3.8, 4) is 45.0 Å². The highest BCUT2D eigenvalue weighted by molar-refractivity contribution is 6.15. The summed E-state index contributed by atoms with van der Waals surface area (Å²) in [5.74, 6) is 0. The van der Waals surface area contributed by atoms with Crippen LogP contribution in [0.15, 0.2) is 401 Å². The van der Waals surface area contributed by atoms with Crippen LogP contribution < -0.4 is 19.6 Å². The van der Waals surface area contributed by atoms with Crippen molar-refractivity contribution >= 4 is 112 Å². The number of hydrogen-bond acceptors (Lipinski definition) is 6. The van der Waals surface area contributed by atoms with Crippen molar-refractivity contribution in [1.82, 2.24) is 19.1 Å². The Morgan fingerprint density at radius 1 is 0.196 bits per heavy atom. The van der Waals surface area contributed by atoms with Crippen molar-refractivity contribution in [2.75, 3.05) is 19.6 Å². The number of para-hydroxylation sites is 8. The molecule has 0 aliphatic carbocycles. The molecule has 18 aromatic rings. The van der Waals surface area contributed by atoms with Crippen LogP contribution in [0.5, 0.6) is 0 Å². The first kappa shape index (κ1) is 60.6. The first-order valence-corrected chi connectivity index (χ1v) is 34.5. The maximum Gasteiger partial charge on any atom is 0.0745 e. The zero-order chi connectivity index (χ0) is 67.7. The van der Waals surface area contributed by atoms with Crippen molar-refractivity contribution in [1.29, 1.82) is 0 Å². The Kier molecular flexibility index (Phi) is 15.8. The molecule has 0 aliphatic heterocycles. The summed E-state index contributed by atoms with van der Waals surface area (Å²) in [6.45, 7) is 0. The molecule has 14 aromatic carbocycles. The maximum atomic E-state index is 5.45. The molecule has 0 aliphatic rings. The average Bonchev–Trinajstić information content (AvgIpc) is 1.69. The van der Waals surface area contributed by atoms with Gasteiger partial charge in [-0.1, -0.05) is 200 Å². The lowest BCUT2D eigenvalue weighted by molar-refractivity contribution is 1.09. The number of fused-ring (bicyclic) bond motifs is 6.